The van der Waals surface area contributed by atoms with Crippen molar-refractivity contribution in [1.82, 2.24) is 14.8 Å². The van der Waals surface area contributed by atoms with Gasteiger partial charge in [-0.15, -0.1) is 16.4 Å². The van der Waals surface area contributed by atoms with E-state index in [-0.39, 0.29) is 17.6 Å². The van der Waals surface area contributed by atoms with E-state index in [2.05, 4.69) is 21.5 Å². The number of hydrogen-bond acceptors (Lipinski definition) is 8. The average molecular weight is 437 g/mol. The summed E-state index contributed by atoms with van der Waals surface area (Å²) in [5.41, 5.74) is 8.17. The van der Waals surface area contributed by atoms with Gasteiger partial charge in [0, 0.05) is 28.5 Å². The number of thiophene rings is 1. The van der Waals surface area contributed by atoms with Gasteiger partial charge in [-0.3, -0.25) is 4.79 Å². The van der Waals surface area contributed by atoms with Crippen LogP contribution in [0.25, 0.3) is 0 Å². The van der Waals surface area contributed by atoms with Gasteiger partial charge in [0.05, 0.1) is 0 Å². The molecule has 158 valence electrons. The van der Waals surface area contributed by atoms with Gasteiger partial charge in [-0.1, -0.05) is 18.2 Å². The van der Waals surface area contributed by atoms with Gasteiger partial charge in [-0.2, -0.15) is 4.98 Å². The number of carbonyl (C=O) groups excluding carboxylic acids is 1. The Morgan fingerprint density at radius 2 is 2.10 bits per heavy atom. The highest BCUT2D eigenvalue weighted by atomic mass is 32.1. The van der Waals surface area contributed by atoms with Crippen molar-refractivity contribution >= 4 is 35.0 Å². The summed E-state index contributed by atoms with van der Waals surface area (Å²) in [6.45, 7) is -0.422. The van der Waals surface area contributed by atoms with Crippen molar-refractivity contribution in [3.05, 3.63) is 63.5 Å². The van der Waals surface area contributed by atoms with Crippen molar-refractivity contribution < 1.29 is 19.4 Å². The lowest BCUT2D eigenvalue weighted by Gasteiger charge is -2.34. The van der Waals surface area contributed by atoms with Crippen molar-refractivity contribution in [3.8, 4) is 5.75 Å². The number of carboxylic acid groups (broad SMARTS) is 1. The summed E-state index contributed by atoms with van der Waals surface area (Å²) in [7, 11) is 0. The molecule has 1 aliphatic carbocycles. The van der Waals surface area contributed by atoms with Crippen LogP contribution in [0.3, 0.4) is 0 Å². The van der Waals surface area contributed by atoms with Gasteiger partial charge < -0.3 is 20.9 Å². The van der Waals surface area contributed by atoms with E-state index in [0.717, 1.165) is 11.3 Å². The Hall–Kier alpha value is -3.66. The third-order valence-electron chi connectivity index (χ3n) is 5.44. The summed E-state index contributed by atoms with van der Waals surface area (Å²) in [5, 5.41) is 18.4. The van der Waals surface area contributed by atoms with Gasteiger partial charge in [0.2, 0.25) is 11.9 Å². The first-order chi connectivity index (χ1) is 15.0. The molecular weight excluding hydrogens is 418 g/mol. The number of nitrogens with zero attached hydrogens (tertiary/aromatic N) is 3. The van der Waals surface area contributed by atoms with Crippen LogP contribution in [0.5, 0.6) is 5.75 Å². The standard InChI is InChI=1S/C21H19N5O4S/c22-20-24-21-23-14-8-12(16-2-1-7-31-16)9-15(27)18(14)19(26(21)25-20)11-3-5-13(6-4-11)30-10-17(28)29/h1-7,12,19H,8-10H2,(H,28,29)(H3,22,23,24,25)/t12-,19-/m0/s1. The molecule has 0 saturated heterocycles. The number of carboxylic acids is 1. The van der Waals surface area contributed by atoms with Crippen molar-refractivity contribution in [2.24, 2.45) is 0 Å². The van der Waals surface area contributed by atoms with E-state index in [0.29, 0.717) is 30.1 Å². The fourth-order valence-corrected chi connectivity index (χ4v) is 4.98. The smallest absolute Gasteiger partial charge is 0.341 e. The number of nitrogens with two attached hydrogens (primary N) is 1. The minimum Gasteiger partial charge on any atom is -0.482 e. The molecule has 1 aliphatic heterocycles. The van der Waals surface area contributed by atoms with E-state index in [9.17, 15) is 9.59 Å². The van der Waals surface area contributed by atoms with Crippen LogP contribution in [-0.4, -0.2) is 38.2 Å². The van der Waals surface area contributed by atoms with E-state index in [1.807, 2.05) is 11.4 Å². The number of fused-ring (bicyclic) bond motifs is 1. The second kappa shape index (κ2) is 7.55. The number of anilines is 2. The Balaban J connectivity index is 1.53. The number of Topliss-reactive ketones (excluding diaryl/α,β-unsaturated/α-hetero) is 1. The first-order valence-corrected chi connectivity index (χ1v) is 10.6. The second-order valence-electron chi connectivity index (χ2n) is 7.45. The number of rotatable bonds is 5. The van der Waals surface area contributed by atoms with Gasteiger partial charge in [-0.05, 0) is 35.6 Å². The van der Waals surface area contributed by atoms with Crippen LogP contribution in [0.1, 0.15) is 35.2 Å². The zero-order chi connectivity index (χ0) is 21.5. The van der Waals surface area contributed by atoms with Crippen LogP contribution in [0.15, 0.2) is 53.0 Å². The minimum absolute atomic E-state index is 0.0584. The molecule has 10 heteroatoms. The monoisotopic (exact) mass is 437 g/mol. The zero-order valence-electron chi connectivity index (χ0n) is 16.3. The van der Waals surface area contributed by atoms with E-state index in [1.54, 1.807) is 40.3 Å². The molecule has 0 radical (unpaired) electrons. The Bertz CT molecular complexity index is 1180. The molecule has 0 amide bonds. The molecule has 2 aliphatic rings. The second-order valence-corrected chi connectivity index (χ2v) is 8.43. The number of ketones is 1. The number of aromatic nitrogens is 3. The number of allylic oxidation sites excluding steroid dienone is 2. The van der Waals surface area contributed by atoms with Crippen LogP contribution in [-0.2, 0) is 9.59 Å². The molecule has 2 aromatic heterocycles. The lowest BCUT2D eigenvalue weighted by Crippen LogP contribution is -2.33. The highest BCUT2D eigenvalue weighted by molar-refractivity contribution is 7.10. The number of nitrogen functional groups attached to an aromatic ring is 1. The zero-order valence-corrected chi connectivity index (χ0v) is 17.1. The maximum Gasteiger partial charge on any atom is 0.341 e. The topological polar surface area (TPSA) is 132 Å². The van der Waals surface area contributed by atoms with Crippen molar-refractivity contribution in [1.29, 1.82) is 0 Å². The van der Waals surface area contributed by atoms with Crippen molar-refractivity contribution in [2.45, 2.75) is 24.8 Å². The average Bonchev–Trinajstić information content (AvgIpc) is 3.40. The van der Waals surface area contributed by atoms with Gasteiger partial charge in [0.1, 0.15) is 11.8 Å². The van der Waals surface area contributed by atoms with Crippen LogP contribution < -0.4 is 15.8 Å². The highest BCUT2D eigenvalue weighted by Crippen LogP contribution is 2.45. The van der Waals surface area contributed by atoms with E-state index in [1.165, 1.54) is 4.88 Å². The number of hydrogen-bond donors (Lipinski definition) is 3. The molecule has 5 rings (SSSR count). The predicted molar refractivity (Wildman–Crippen MR) is 114 cm³/mol. The van der Waals surface area contributed by atoms with Crippen LogP contribution in [0.4, 0.5) is 11.9 Å². The molecule has 0 fully saturated rings. The maximum atomic E-state index is 13.3. The number of carbonyl (C=O) groups is 2. The van der Waals surface area contributed by atoms with Crippen molar-refractivity contribution in [3.63, 3.8) is 0 Å². The lowest BCUT2D eigenvalue weighted by molar-refractivity contribution is -0.139. The summed E-state index contributed by atoms with van der Waals surface area (Å²) < 4.78 is 6.85. The van der Waals surface area contributed by atoms with Gasteiger partial charge in [0.25, 0.3) is 0 Å². The number of nitrogens with one attached hydrogen (secondary N) is 1. The summed E-state index contributed by atoms with van der Waals surface area (Å²) in [6, 6.07) is 10.6. The van der Waals surface area contributed by atoms with Crippen LogP contribution in [0, 0.1) is 0 Å². The maximum absolute atomic E-state index is 13.3. The highest BCUT2D eigenvalue weighted by Gasteiger charge is 2.39. The largest absolute Gasteiger partial charge is 0.482 e. The molecule has 3 aromatic rings. The SMILES string of the molecule is Nc1nc2n(n1)[C@@H](c1ccc(OCC(=O)O)cc1)C1=C(C[C@H](c3cccs3)CC1=O)N2. The number of aliphatic carboxylic acids is 1. The Kier molecular flexibility index (Phi) is 4.70. The molecule has 9 nitrogen and oxygen atoms in total. The molecule has 3 heterocycles. The summed E-state index contributed by atoms with van der Waals surface area (Å²) >= 11 is 1.65. The lowest BCUT2D eigenvalue weighted by atomic mass is 9.80. The fraction of sp³-hybridized carbons (Fsp3) is 0.238. The predicted octanol–water partition coefficient (Wildman–Crippen LogP) is 2.80. The Morgan fingerprint density at radius 1 is 1.29 bits per heavy atom. The molecular formula is C21H19N5O4S. The first-order valence-electron chi connectivity index (χ1n) is 9.73. The summed E-state index contributed by atoms with van der Waals surface area (Å²) in [5.74, 6) is 0.178. The van der Waals surface area contributed by atoms with E-state index < -0.39 is 18.6 Å². The van der Waals surface area contributed by atoms with Gasteiger partial charge in [-0.25, -0.2) is 9.48 Å². The first kappa shape index (κ1) is 19.3. The molecule has 4 N–H and O–H groups in total. The van der Waals surface area contributed by atoms with Gasteiger partial charge in [0.15, 0.2) is 12.4 Å². The van der Waals surface area contributed by atoms with Crippen LogP contribution in [0.2, 0.25) is 0 Å². The normalized spacial score (nSPS) is 20.1. The fourth-order valence-electron chi connectivity index (χ4n) is 4.15. The minimum atomic E-state index is -1.05. The molecule has 0 saturated carbocycles. The molecule has 0 spiro atoms. The van der Waals surface area contributed by atoms with E-state index >= 15 is 0 Å². The molecule has 31 heavy (non-hydrogen) atoms. The number of benzene rings is 1. The quantitative estimate of drug-likeness (QED) is 0.555. The molecule has 2 atom stereocenters. The molecule has 0 unspecified atom stereocenters. The van der Waals surface area contributed by atoms with Gasteiger partial charge >= 0.3 is 5.97 Å². The Labute approximate surface area is 181 Å². The molecule has 0 bridgehead atoms. The summed E-state index contributed by atoms with van der Waals surface area (Å²) in [6.07, 6.45) is 1.13. The third kappa shape index (κ3) is 3.55. The molecule has 1 aromatic carbocycles. The van der Waals surface area contributed by atoms with E-state index in [4.69, 9.17) is 15.6 Å². The Morgan fingerprint density at radius 3 is 2.81 bits per heavy atom. The number of ether oxygens (including phenoxy) is 1. The third-order valence-corrected chi connectivity index (χ3v) is 6.47. The van der Waals surface area contributed by atoms with Crippen molar-refractivity contribution in [2.75, 3.05) is 17.7 Å². The summed E-state index contributed by atoms with van der Waals surface area (Å²) in [4.78, 5) is 29.5. The van der Waals surface area contributed by atoms with Crippen LogP contribution >= 0.6 is 11.3 Å².